The molecule has 0 aliphatic carbocycles. The molecule has 0 unspecified atom stereocenters. The largest absolute Gasteiger partial charge is 0.481 e. The van der Waals surface area contributed by atoms with Crippen LogP contribution in [0.1, 0.15) is 26.3 Å². The topological polar surface area (TPSA) is 51.4 Å². The van der Waals surface area contributed by atoms with Gasteiger partial charge in [0, 0.05) is 25.4 Å². The lowest BCUT2D eigenvalue weighted by Crippen LogP contribution is -2.38. The Hall–Kier alpha value is -1.13. The van der Waals surface area contributed by atoms with E-state index in [1.807, 2.05) is 12.3 Å². The third-order valence-corrected chi connectivity index (χ3v) is 3.06. The third kappa shape index (κ3) is 4.63. The van der Waals surface area contributed by atoms with Crippen molar-refractivity contribution in [3.8, 4) is 5.88 Å². The molecule has 102 valence electrons. The zero-order valence-electron chi connectivity index (χ0n) is 11.9. The zero-order chi connectivity index (χ0) is 13.6. The fourth-order valence-corrected chi connectivity index (χ4v) is 1.83. The average molecular weight is 251 g/mol. The van der Waals surface area contributed by atoms with Gasteiger partial charge in [-0.25, -0.2) is 4.98 Å². The summed E-state index contributed by atoms with van der Waals surface area (Å²) < 4.78 is 5.06. The van der Waals surface area contributed by atoms with Crippen LogP contribution in [-0.2, 0) is 6.54 Å². The van der Waals surface area contributed by atoms with Crippen molar-refractivity contribution in [1.29, 1.82) is 0 Å². The van der Waals surface area contributed by atoms with Crippen LogP contribution >= 0.6 is 0 Å². The van der Waals surface area contributed by atoms with E-state index in [4.69, 9.17) is 10.5 Å². The second-order valence-corrected chi connectivity index (χ2v) is 5.38. The van der Waals surface area contributed by atoms with Crippen LogP contribution in [0.4, 0.5) is 0 Å². The number of ether oxygens (including phenoxy) is 1. The Morgan fingerprint density at radius 2 is 2.11 bits per heavy atom. The van der Waals surface area contributed by atoms with E-state index in [1.54, 1.807) is 7.11 Å². The molecule has 4 nitrogen and oxygen atoms in total. The quantitative estimate of drug-likeness (QED) is 0.804. The molecular formula is C14H25N3O. The molecule has 0 atom stereocenters. The van der Waals surface area contributed by atoms with Gasteiger partial charge in [-0.1, -0.05) is 26.8 Å². The molecule has 1 heterocycles. The molecule has 0 fully saturated rings. The van der Waals surface area contributed by atoms with E-state index in [9.17, 15) is 0 Å². The fraction of sp³-hybridized carbons (Fsp3) is 0.643. The van der Waals surface area contributed by atoms with Crippen molar-refractivity contribution in [3.05, 3.63) is 23.9 Å². The molecule has 0 amide bonds. The minimum absolute atomic E-state index is 0.149. The molecule has 1 aromatic heterocycles. The Labute approximate surface area is 110 Å². The number of hydrogen-bond acceptors (Lipinski definition) is 4. The molecule has 0 spiro atoms. The van der Waals surface area contributed by atoms with Gasteiger partial charge in [0.25, 0.3) is 0 Å². The van der Waals surface area contributed by atoms with E-state index in [0.29, 0.717) is 12.4 Å². The first-order valence-corrected chi connectivity index (χ1v) is 6.42. The summed E-state index contributed by atoms with van der Waals surface area (Å²) in [6, 6.07) is 3.96. The summed E-state index contributed by atoms with van der Waals surface area (Å²) in [4.78, 5) is 6.61. The molecule has 0 aliphatic rings. The molecule has 18 heavy (non-hydrogen) atoms. The first-order valence-electron chi connectivity index (χ1n) is 6.42. The van der Waals surface area contributed by atoms with Crippen LogP contribution in [0.25, 0.3) is 0 Å². The molecule has 0 aliphatic heterocycles. The third-order valence-electron chi connectivity index (χ3n) is 3.06. The highest BCUT2D eigenvalue weighted by Gasteiger charge is 2.19. The van der Waals surface area contributed by atoms with E-state index in [0.717, 1.165) is 19.6 Å². The maximum Gasteiger partial charge on any atom is 0.212 e. The van der Waals surface area contributed by atoms with Crippen molar-refractivity contribution in [1.82, 2.24) is 9.88 Å². The molecule has 4 heteroatoms. The summed E-state index contributed by atoms with van der Waals surface area (Å²) in [5, 5.41) is 0. The molecule has 1 rings (SSSR count). The number of nitrogens with zero attached hydrogens (tertiary/aromatic N) is 2. The lowest BCUT2D eigenvalue weighted by molar-refractivity contribution is 0.183. The van der Waals surface area contributed by atoms with Gasteiger partial charge in [0.15, 0.2) is 0 Å². The van der Waals surface area contributed by atoms with Gasteiger partial charge in [0.05, 0.1) is 7.11 Å². The van der Waals surface area contributed by atoms with Gasteiger partial charge in [0.1, 0.15) is 0 Å². The predicted molar refractivity (Wildman–Crippen MR) is 74.6 cm³/mol. The highest BCUT2D eigenvalue weighted by Crippen LogP contribution is 2.17. The van der Waals surface area contributed by atoms with Crippen molar-refractivity contribution < 1.29 is 4.74 Å². The van der Waals surface area contributed by atoms with Crippen LogP contribution in [0.5, 0.6) is 5.88 Å². The fourth-order valence-electron chi connectivity index (χ4n) is 1.83. The smallest absolute Gasteiger partial charge is 0.212 e. The van der Waals surface area contributed by atoms with Gasteiger partial charge >= 0.3 is 0 Å². The summed E-state index contributed by atoms with van der Waals surface area (Å²) in [7, 11) is 1.63. The van der Waals surface area contributed by atoms with E-state index >= 15 is 0 Å². The van der Waals surface area contributed by atoms with Crippen molar-refractivity contribution in [3.63, 3.8) is 0 Å². The second kappa shape index (κ2) is 6.71. The molecule has 0 saturated heterocycles. The van der Waals surface area contributed by atoms with Gasteiger partial charge in [0.2, 0.25) is 5.88 Å². The summed E-state index contributed by atoms with van der Waals surface area (Å²) in [5.74, 6) is 0.657. The summed E-state index contributed by atoms with van der Waals surface area (Å²) in [6.07, 6.45) is 1.87. The van der Waals surface area contributed by atoms with Crippen molar-refractivity contribution in [2.75, 3.05) is 26.7 Å². The number of nitrogens with two attached hydrogens (primary N) is 1. The summed E-state index contributed by atoms with van der Waals surface area (Å²) in [5.41, 5.74) is 7.13. The second-order valence-electron chi connectivity index (χ2n) is 5.38. The Kier molecular flexibility index (Phi) is 5.56. The number of pyridine rings is 1. The van der Waals surface area contributed by atoms with Crippen molar-refractivity contribution in [2.45, 2.75) is 27.3 Å². The standard InChI is InChI=1S/C14H25N3O/c1-5-17(11-14(2,3)10-15)9-12-6-7-13(18-4)16-8-12/h6-8H,5,9-11,15H2,1-4H3. The van der Waals surface area contributed by atoms with E-state index in [2.05, 4.69) is 36.7 Å². The maximum absolute atomic E-state index is 5.79. The van der Waals surface area contributed by atoms with Crippen molar-refractivity contribution >= 4 is 0 Å². The Morgan fingerprint density at radius 1 is 1.39 bits per heavy atom. The molecule has 0 aromatic carbocycles. The number of methoxy groups -OCH3 is 1. The Bertz CT molecular complexity index is 349. The average Bonchev–Trinajstić information content (AvgIpc) is 2.38. The van der Waals surface area contributed by atoms with Crippen molar-refractivity contribution in [2.24, 2.45) is 11.1 Å². The van der Waals surface area contributed by atoms with Gasteiger partial charge in [-0.2, -0.15) is 0 Å². The molecule has 0 radical (unpaired) electrons. The number of rotatable bonds is 7. The maximum atomic E-state index is 5.79. The van der Waals surface area contributed by atoms with E-state index in [-0.39, 0.29) is 5.41 Å². The lowest BCUT2D eigenvalue weighted by atomic mass is 9.93. The predicted octanol–water partition coefficient (Wildman–Crippen LogP) is 1.90. The van der Waals surface area contributed by atoms with Crippen LogP contribution in [-0.4, -0.2) is 36.6 Å². The molecule has 2 N–H and O–H groups in total. The number of aromatic nitrogens is 1. The Balaban J connectivity index is 2.62. The molecule has 1 aromatic rings. The van der Waals surface area contributed by atoms with Crippen LogP contribution in [0, 0.1) is 5.41 Å². The molecular weight excluding hydrogens is 226 g/mol. The van der Waals surface area contributed by atoms with Crippen LogP contribution in [0.15, 0.2) is 18.3 Å². The first-order chi connectivity index (χ1) is 8.50. The number of hydrogen-bond donors (Lipinski definition) is 1. The van der Waals surface area contributed by atoms with E-state index in [1.165, 1.54) is 5.56 Å². The van der Waals surface area contributed by atoms with Gasteiger partial charge in [-0.3, -0.25) is 4.90 Å². The SMILES string of the molecule is CCN(Cc1ccc(OC)nc1)CC(C)(C)CN. The first kappa shape index (κ1) is 14.9. The van der Waals surface area contributed by atoms with Crippen LogP contribution in [0.3, 0.4) is 0 Å². The Morgan fingerprint density at radius 3 is 2.56 bits per heavy atom. The normalized spacial score (nSPS) is 11.9. The monoisotopic (exact) mass is 251 g/mol. The minimum atomic E-state index is 0.149. The lowest BCUT2D eigenvalue weighted by Gasteiger charge is -2.31. The highest BCUT2D eigenvalue weighted by molar-refractivity contribution is 5.17. The minimum Gasteiger partial charge on any atom is -0.481 e. The van der Waals surface area contributed by atoms with Gasteiger partial charge in [-0.15, -0.1) is 0 Å². The van der Waals surface area contributed by atoms with Crippen LogP contribution < -0.4 is 10.5 Å². The molecule has 0 bridgehead atoms. The molecule has 0 saturated carbocycles. The zero-order valence-corrected chi connectivity index (χ0v) is 11.9. The highest BCUT2D eigenvalue weighted by atomic mass is 16.5. The van der Waals surface area contributed by atoms with Gasteiger partial charge in [-0.05, 0) is 24.1 Å². The summed E-state index contributed by atoms with van der Waals surface area (Å²) in [6.45, 7) is 10.2. The van der Waals surface area contributed by atoms with Gasteiger partial charge < -0.3 is 10.5 Å². The van der Waals surface area contributed by atoms with E-state index < -0.39 is 0 Å². The van der Waals surface area contributed by atoms with Crippen LogP contribution in [0.2, 0.25) is 0 Å². The summed E-state index contributed by atoms with van der Waals surface area (Å²) >= 11 is 0.